The number of furan rings is 1. The van der Waals surface area contributed by atoms with E-state index in [-0.39, 0.29) is 17.7 Å². The molecular weight excluding hydrogens is 332 g/mol. The van der Waals surface area contributed by atoms with Gasteiger partial charge in [-0.3, -0.25) is 9.59 Å². The summed E-state index contributed by atoms with van der Waals surface area (Å²) in [7, 11) is 1.61. The highest BCUT2D eigenvalue weighted by Gasteiger charge is 2.30. The Morgan fingerprint density at radius 3 is 2.69 bits per heavy atom. The molecule has 1 N–H and O–H groups in total. The number of amides is 2. The van der Waals surface area contributed by atoms with Crippen LogP contribution in [0, 0.1) is 12.8 Å². The second-order valence-electron chi connectivity index (χ2n) is 6.78. The second kappa shape index (κ2) is 7.81. The Labute approximate surface area is 153 Å². The van der Waals surface area contributed by atoms with Crippen molar-refractivity contribution >= 4 is 22.8 Å². The Hall–Kier alpha value is -2.50. The molecule has 0 atom stereocenters. The van der Waals surface area contributed by atoms with Gasteiger partial charge in [-0.2, -0.15) is 0 Å². The van der Waals surface area contributed by atoms with E-state index in [0.29, 0.717) is 43.8 Å². The summed E-state index contributed by atoms with van der Waals surface area (Å²) in [6, 6.07) is 5.53. The van der Waals surface area contributed by atoms with Crippen LogP contribution in [0.2, 0.25) is 0 Å². The second-order valence-corrected chi connectivity index (χ2v) is 6.78. The first kappa shape index (κ1) is 18.3. The number of likely N-dealkylation sites (tertiary alicyclic amines) is 1. The molecule has 0 saturated carbocycles. The van der Waals surface area contributed by atoms with Crippen molar-refractivity contribution in [1.29, 1.82) is 0 Å². The molecule has 2 amide bonds. The van der Waals surface area contributed by atoms with Gasteiger partial charge in [0.15, 0.2) is 5.76 Å². The predicted octanol–water partition coefficient (Wildman–Crippen LogP) is 3.13. The van der Waals surface area contributed by atoms with E-state index in [0.717, 1.165) is 23.1 Å². The van der Waals surface area contributed by atoms with Crippen LogP contribution in [0.3, 0.4) is 0 Å². The Morgan fingerprint density at radius 2 is 2.04 bits per heavy atom. The molecule has 1 aromatic heterocycles. The first-order valence-corrected chi connectivity index (χ1v) is 9.19. The minimum Gasteiger partial charge on any atom is -0.497 e. The summed E-state index contributed by atoms with van der Waals surface area (Å²) in [5.74, 6) is 1.10. The fourth-order valence-corrected chi connectivity index (χ4v) is 3.41. The Bertz CT molecular complexity index is 803. The van der Waals surface area contributed by atoms with E-state index < -0.39 is 0 Å². The van der Waals surface area contributed by atoms with Crippen LogP contribution >= 0.6 is 0 Å². The summed E-state index contributed by atoms with van der Waals surface area (Å²) in [6.45, 7) is 5.78. The van der Waals surface area contributed by atoms with Crippen LogP contribution < -0.4 is 10.1 Å². The minimum atomic E-state index is -0.106. The van der Waals surface area contributed by atoms with Gasteiger partial charge in [0, 0.05) is 36.5 Å². The number of benzene rings is 1. The summed E-state index contributed by atoms with van der Waals surface area (Å²) in [5, 5.41) is 3.83. The minimum absolute atomic E-state index is 0.00775. The summed E-state index contributed by atoms with van der Waals surface area (Å²) < 4.78 is 11.1. The fraction of sp³-hybridized carbons (Fsp3) is 0.500. The molecule has 1 aliphatic heterocycles. The number of hydrogen-bond acceptors (Lipinski definition) is 4. The third kappa shape index (κ3) is 3.54. The number of rotatable bonds is 5. The summed E-state index contributed by atoms with van der Waals surface area (Å²) >= 11 is 0. The van der Waals surface area contributed by atoms with Gasteiger partial charge < -0.3 is 19.4 Å². The Balaban J connectivity index is 1.70. The molecule has 6 heteroatoms. The summed E-state index contributed by atoms with van der Waals surface area (Å²) in [6.07, 6.45) is 2.31. The van der Waals surface area contributed by atoms with E-state index in [4.69, 9.17) is 9.15 Å². The van der Waals surface area contributed by atoms with E-state index >= 15 is 0 Å². The Morgan fingerprint density at radius 1 is 1.31 bits per heavy atom. The van der Waals surface area contributed by atoms with Crippen molar-refractivity contribution in [2.24, 2.45) is 5.92 Å². The average Bonchev–Trinajstić information content (AvgIpc) is 3.01. The molecule has 1 aliphatic rings. The number of fused-ring (bicyclic) bond motifs is 1. The number of piperidine rings is 1. The molecule has 3 rings (SSSR count). The van der Waals surface area contributed by atoms with E-state index in [1.807, 2.05) is 32.0 Å². The number of carbonyl (C=O) groups is 2. The van der Waals surface area contributed by atoms with Crippen LogP contribution in [0.1, 0.15) is 42.3 Å². The number of hydrogen-bond donors (Lipinski definition) is 1. The van der Waals surface area contributed by atoms with Crippen molar-refractivity contribution in [3.05, 3.63) is 29.5 Å². The largest absolute Gasteiger partial charge is 0.497 e. The van der Waals surface area contributed by atoms with Crippen LogP contribution in [-0.4, -0.2) is 43.5 Å². The van der Waals surface area contributed by atoms with Crippen molar-refractivity contribution < 1.29 is 18.7 Å². The van der Waals surface area contributed by atoms with E-state index in [9.17, 15) is 9.59 Å². The molecule has 2 aromatic rings. The van der Waals surface area contributed by atoms with E-state index in [1.54, 1.807) is 12.0 Å². The molecule has 1 aromatic carbocycles. The van der Waals surface area contributed by atoms with Gasteiger partial charge in [0.2, 0.25) is 5.91 Å². The van der Waals surface area contributed by atoms with Crippen LogP contribution in [0.25, 0.3) is 11.0 Å². The molecule has 0 aliphatic carbocycles. The van der Waals surface area contributed by atoms with E-state index in [2.05, 4.69) is 5.32 Å². The van der Waals surface area contributed by atoms with Crippen LogP contribution in [-0.2, 0) is 4.79 Å². The monoisotopic (exact) mass is 358 g/mol. The third-order valence-corrected chi connectivity index (χ3v) is 5.04. The number of ether oxygens (including phenoxy) is 1. The van der Waals surface area contributed by atoms with Crippen molar-refractivity contribution in [3.8, 4) is 5.75 Å². The van der Waals surface area contributed by atoms with Crippen LogP contribution in [0.5, 0.6) is 5.75 Å². The standard InChI is InChI=1S/C20H26N2O4/c1-4-9-21-19(23)14-7-10-22(11-8-14)20(24)18-13(2)16-12-15(25-3)5-6-17(16)26-18/h5-6,12,14H,4,7-11H2,1-3H3,(H,21,23). The molecule has 0 radical (unpaired) electrons. The lowest BCUT2D eigenvalue weighted by molar-refractivity contribution is -0.126. The lowest BCUT2D eigenvalue weighted by Crippen LogP contribution is -2.43. The van der Waals surface area contributed by atoms with Gasteiger partial charge >= 0.3 is 0 Å². The summed E-state index contributed by atoms with van der Waals surface area (Å²) in [5.41, 5.74) is 1.51. The normalized spacial score (nSPS) is 15.3. The number of methoxy groups -OCH3 is 1. The van der Waals surface area contributed by atoms with Crippen LogP contribution in [0.4, 0.5) is 0 Å². The lowest BCUT2D eigenvalue weighted by Gasteiger charge is -2.30. The highest BCUT2D eigenvalue weighted by Crippen LogP contribution is 2.30. The molecule has 1 fully saturated rings. The zero-order valence-electron chi connectivity index (χ0n) is 15.6. The van der Waals surface area contributed by atoms with E-state index in [1.165, 1.54) is 0 Å². The smallest absolute Gasteiger partial charge is 0.289 e. The van der Waals surface area contributed by atoms with Gasteiger partial charge in [0.25, 0.3) is 5.91 Å². The third-order valence-electron chi connectivity index (χ3n) is 5.04. The first-order valence-electron chi connectivity index (χ1n) is 9.19. The molecule has 0 spiro atoms. The number of nitrogens with one attached hydrogen (secondary N) is 1. The molecule has 2 heterocycles. The number of aryl methyl sites for hydroxylation is 1. The number of carbonyl (C=O) groups excluding carboxylic acids is 2. The van der Waals surface area contributed by atoms with Crippen molar-refractivity contribution in [2.45, 2.75) is 33.1 Å². The predicted molar refractivity (Wildman–Crippen MR) is 99.4 cm³/mol. The molecule has 1 saturated heterocycles. The van der Waals surface area contributed by atoms with Gasteiger partial charge in [-0.1, -0.05) is 6.92 Å². The van der Waals surface area contributed by atoms with Crippen LogP contribution in [0.15, 0.2) is 22.6 Å². The molecule has 0 unspecified atom stereocenters. The quantitative estimate of drug-likeness (QED) is 0.891. The summed E-state index contributed by atoms with van der Waals surface area (Å²) in [4.78, 5) is 26.8. The maximum Gasteiger partial charge on any atom is 0.289 e. The molecule has 0 bridgehead atoms. The van der Waals surface area contributed by atoms with Gasteiger partial charge in [-0.25, -0.2) is 0 Å². The van der Waals surface area contributed by atoms with Crippen molar-refractivity contribution in [2.75, 3.05) is 26.7 Å². The zero-order valence-corrected chi connectivity index (χ0v) is 15.6. The Kier molecular flexibility index (Phi) is 5.49. The maximum atomic E-state index is 12.9. The van der Waals surface area contributed by atoms with Gasteiger partial charge in [-0.15, -0.1) is 0 Å². The van der Waals surface area contributed by atoms with Gasteiger partial charge in [-0.05, 0) is 44.4 Å². The molecule has 6 nitrogen and oxygen atoms in total. The average molecular weight is 358 g/mol. The topological polar surface area (TPSA) is 71.8 Å². The highest BCUT2D eigenvalue weighted by atomic mass is 16.5. The number of nitrogens with zero attached hydrogens (tertiary/aromatic N) is 1. The zero-order chi connectivity index (χ0) is 18.7. The molecule has 140 valence electrons. The maximum absolute atomic E-state index is 12.9. The molecule has 26 heavy (non-hydrogen) atoms. The fourth-order valence-electron chi connectivity index (χ4n) is 3.41. The van der Waals surface area contributed by atoms with Gasteiger partial charge in [0.1, 0.15) is 11.3 Å². The SMILES string of the molecule is CCCNC(=O)C1CCN(C(=O)c2oc3ccc(OC)cc3c2C)CC1. The first-order chi connectivity index (χ1) is 12.5. The highest BCUT2D eigenvalue weighted by molar-refractivity contribution is 5.99. The lowest BCUT2D eigenvalue weighted by atomic mass is 9.95. The van der Waals surface area contributed by atoms with Crippen molar-refractivity contribution in [1.82, 2.24) is 10.2 Å². The van der Waals surface area contributed by atoms with Gasteiger partial charge in [0.05, 0.1) is 7.11 Å². The van der Waals surface area contributed by atoms with Crippen molar-refractivity contribution in [3.63, 3.8) is 0 Å². The molecular formula is C20H26N2O4.